The van der Waals surface area contributed by atoms with E-state index in [1.165, 1.54) is 0 Å². The van der Waals surface area contributed by atoms with Crippen LogP contribution in [0.5, 0.6) is 0 Å². The number of alkyl halides is 6. The molecule has 0 aliphatic carbocycles. The molecule has 1 fully saturated rings. The third kappa shape index (κ3) is 4.72. The Labute approximate surface area is 177 Å². The van der Waals surface area contributed by atoms with Crippen molar-refractivity contribution in [2.75, 3.05) is 19.6 Å². The van der Waals surface area contributed by atoms with Gasteiger partial charge in [-0.1, -0.05) is 23.5 Å². The molecule has 1 saturated heterocycles. The second kappa shape index (κ2) is 8.09. The molecule has 31 heavy (non-hydrogen) atoms. The topological polar surface area (TPSA) is 37.6 Å². The number of thiazole rings is 1. The van der Waals surface area contributed by atoms with Gasteiger partial charge in [-0.3, -0.25) is 19.3 Å². The van der Waals surface area contributed by atoms with E-state index >= 15 is 0 Å². The highest BCUT2D eigenvalue weighted by Gasteiger charge is 2.38. The van der Waals surface area contributed by atoms with Crippen LogP contribution in [-0.2, 0) is 25.4 Å². The average molecular weight is 463 g/mol. The lowest BCUT2D eigenvalue weighted by Crippen LogP contribution is -2.34. The van der Waals surface area contributed by atoms with Gasteiger partial charge in [0.15, 0.2) is 0 Å². The van der Waals surface area contributed by atoms with Gasteiger partial charge in [0.25, 0.3) is 0 Å². The quantitative estimate of drug-likeness (QED) is 0.656. The standard InChI is InChI=1S/C20H19F6N3OS/c21-19(22,23)14-2-1-13(15(10-14)20(24,25)26)11-28-6-3-12(4-7-28)9-16-17-27-5-8-29(17)18(30)31-16/h1-2,9-10,12H,3-8,11H2. The van der Waals surface area contributed by atoms with Crippen molar-refractivity contribution in [1.82, 2.24) is 9.47 Å². The largest absolute Gasteiger partial charge is 0.416 e. The number of piperidine rings is 1. The first kappa shape index (κ1) is 22.1. The molecule has 0 atom stereocenters. The van der Waals surface area contributed by atoms with Gasteiger partial charge in [0.2, 0.25) is 0 Å². The molecule has 0 N–H and O–H groups in total. The predicted octanol–water partition coefficient (Wildman–Crippen LogP) is 3.27. The van der Waals surface area contributed by atoms with E-state index in [0.717, 1.165) is 21.9 Å². The van der Waals surface area contributed by atoms with Crippen LogP contribution in [0.4, 0.5) is 26.3 Å². The smallest absolute Gasteiger partial charge is 0.299 e. The van der Waals surface area contributed by atoms with Crippen molar-refractivity contribution < 1.29 is 26.3 Å². The Hall–Kier alpha value is -2.14. The summed E-state index contributed by atoms with van der Waals surface area (Å²) in [5, 5.41) is 0. The number of benzene rings is 1. The van der Waals surface area contributed by atoms with Crippen LogP contribution in [0.25, 0.3) is 6.08 Å². The van der Waals surface area contributed by atoms with Gasteiger partial charge < -0.3 is 0 Å². The van der Waals surface area contributed by atoms with Gasteiger partial charge in [0.1, 0.15) is 5.49 Å². The van der Waals surface area contributed by atoms with Crippen LogP contribution < -0.4 is 14.9 Å². The Balaban J connectivity index is 1.48. The van der Waals surface area contributed by atoms with Crippen molar-refractivity contribution in [2.24, 2.45) is 10.9 Å². The Morgan fingerprint density at radius 1 is 1.06 bits per heavy atom. The molecule has 0 saturated carbocycles. The van der Waals surface area contributed by atoms with Crippen LogP contribution in [0.2, 0.25) is 0 Å². The molecule has 0 unspecified atom stereocenters. The van der Waals surface area contributed by atoms with Gasteiger partial charge in [-0.15, -0.1) is 0 Å². The molecular formula is C20H19F6N3OS. The summed E-state index contributed by atoms with van der Waals surface area (Å²) in [4.78, 5) is 18.1. The fraction of sp³-hybridized carbons (Fsp3) is 0.500. The normalized spacial score (nSPS) is 19.0. The number of hydrogen-bond acceptors (Lipinski definition) is 4. The van der Waals surface area contributed by atoms with Gasteiger partial charge in [0.05, 0.1) is 22.2 Å². The summed E-state index contributed by atoms with van der Waals surface area (Å²) in [5.74, 6) is 0.171. The molecule has 1 aromatic heterocycles. The summed E-state index contributed by atoms with van der Waals surface area (Å²) in [7, 11) is 0. The van der Waals surface area contributed by atoms with E-state index in [9.17, 15) is 31.1 Å². The number of likely N-dealkylation sites (tertiary alicyclic amines) is 1. The molecule has 2 aromatic rings. The first-order valence-electron chi connectivity index (χ1n) is 9.78. The third-order valence-electron chi connectivity index (χ3n) is 5.63. The zero-order chi connectivity index (χ0) is 22.4. The van der Waals surface area contributed by atoms with Crippen molar-refractivity contribution >= 4 is 17.4 Å². The number of nitrogens with zero attached hydrogens (tertiary/aromatic N) is 3. The van der Waals surface area contributed by atoms with E-state index in [2.05, 4.69) is 4.99 Å². The Morgan fingerprint density at radius 2 is 1.77 bits per heavy atom. The lowest BCUT2D eigenvalue weighted by atomic mass is 9.95. The first-order valence-corrected chi connectivity index (χ1v) is 10.6. The Morgan fingerprint density at radius 3 is 2.42 bits per heavy atom. The van der Waals surface area contributed by atoms with Gasteiger partial charge in [-0.2, -0.15) is 26.3 Å². The Bertz CT molecular complexity index is 1140. The van der Waals surface area contributed by atoms with Crippen molar-refractivity contribution in [2.45, 2.75) is 38.3 Å². The van der Waals surface area contributed by atoms with Crippen LogP contribution in [0.1, 0.15) is 29.5 Å². The lowest BCUT2D eigenvalue weighted by molar-refractivity contribution is -0.143. The monoisotopic (exact) mass is 463 g/mol. The molecule has 0 radical (unpaired) electrons. The SMILES string of the molecule is O=c1sc(=CC2CCN(Cc3ccc(C(F)(F)F)cc3C(F)(F)F)CC2)c2n1CCN=2. The molecule has 0 amide bonds. The number of hydrogen-bond donors (Lipinski definition) is 0. The number of fused-ring (bicyclic) bond motifs is 1. The highest BCUT2D eigenvalue weighted by atomic mass is 32.1. The van der Waals surface area contributed by atoms with E-state index < -0.39 is 23.5 Å². The summed E-state index contributed by atoms with van der Waals surface area (Å²) in [6.07, 6.45) is -6.30. The molecule has 2 aliphatic rings. The molecule has 11 heteroatoms. The van der Waals surface area contributed by atoms with E-state index in [0.29, 0.717) is 50.6 Å². The van der Waals surface area contributed by atoms with E-state index in [-0.39, 0.29) is 29.0 Å². The zero-order valence-corrected chi connectivity index (χ0v) is 17.1. The van der Waals surface area contributed by atoms with E-state index in [4.69, 9.17) is 0 Å². The van der Waals surface area contributed by atoms with Gasteiger partial charge in [0, 0.05) is 13.1 Å². The van der Waals surface area contributed by atoms with Crippen molar-refractivity contribution in [3.05, 3.63) is 54.6 Å². The average Bonchev–Trinajstić information content (AvgIpc) is 3.27. The summed E-state index contributed by atoms with van der Waals surface area (Å²) >= 11 is 1.15. The van der Waals surface area contributed by atoms with Gasteiger partial charge in [-0.05, 0) is 49.5 Å². The minimum Gasteiger partial charge on any atom is -0.299 e. The predicted molar refractivity (Wildman–Crippen MR) is 103 cm³/mol. The van der Waals surface area contributed by atoms with Crippen molar-refractivity contribution in [3.8, 4) is 0 Å². The second-order valence-corrected chi connectivity index (χ2v) is 8.73. The summed E-state index contributed by atoms with van der Waals surface area (Å²) in [6, 6.07) is 1.81. The minimum absolute atomic E-state index is 0.0399. The van der Waals surface area contributed by atoms with Gasteiger partial charge in [-0.25, -0.2) is 0 Å². The maximum absolute atomic E-state index is 13.4. The van der Waals surface area contributed by atoms with E-state index in [1.54, 1.807) is 4.57 Å². The third-order valence-corrected chi connectivity index (χ3v) is 6.57. The fourth-order valence-corrected chi connectivity index (χ4v) is 5.03. The molecule has 3 heterocycles. The van der Waals surface area contributed by atoms with Crippen LogP contribution in [-0.4, -0.2) is 29.1 Å². The molecule has 2 aliphatic heterocycles. The summed E-state index contributed by atoms with van der Waals surface area (Å²) < 4.78 is 81.1. The fourth-order valence-electron chi connectivity index (χ4n) is 4.03. The lowest BCUT2D eigenvalue weighted by Gasteiger charge is -2.31. The Kier molecular flexibility index (Phi) is 5.76. The minimum atomic E-state index is -4.86. The zero-order valence-electron chi connectivity index (χ0n) is 16.3. The van der Waals surface area contributed by atoms with Crippen LogP contribution in [0, 0.1) is 5.92 Å². The molecular weight excluding hydrogens is 444 g/mol. The summed E-state index contributed by atoms with van der Waals surface area (Å²) in [6.45, 7) is 2.14. The molecule has 0 bridgehead atoms. The molecule has 4 rings (SSSR count). The number of halogens is 6. The maximum atomic E-state index is 13.4. The van der Waals surface area contributed by atoms with E-state index in [1.807, 2.05) is 11.0 Å². The van der Waals surface area contributed by atoms with Crippen LogP contribution in [0.15, 0.2) is 28.0 Å². The van der Waals surface area contributed by atoms with Crippen molar-refractivity contribution in [3.63, 3.8) is 0 Å². The molecule has 0 spiro atoms. The molecule has 168 valence electrons. The molecule has 4 nitrogen and oxygen atoms in total. The first-order chi connectivity index (χ1) is 14.5. The number of rotatable bonds is 3. The molecule has 1 aromatic carbocycles. The van der Waals surface area contributed by atoms with Crippen molar-refractivity contribution in [1.29, 1.82) is 0 Å². The highest BCUT2D eigenvalue weighted by Crippen LogP contribution is 2.38. The number of aromatic nitrogens is 1. The van der Waals surface area contributed by atoms with Crippen LogP contribution in [0.3, 0.4) is 0 Å². The second-order valence-electron chi connectivity index (χ2n) is 7.74. The maximum Gasteiger partial charge on any atom is 0.416 e. The van der Waals surface area contributed by atoms with Gasteiger partial charge >= 0.3 is 17.2 Å². The summed E-state index contributed by atoms with van der Waals surface area (Å²) in [5.41, 5.74) is -2.00. The van der Waals surface area contributed by atoms with Crippen LogP contribution >= 0.6 is 11.3 Å². The highest BCUT2D eigenvalue weighted by molar-refractivity contribution is 7.07.